The summed E-state index contributed by atoms with van der Waals surface area (Å²) in [5, 5.41) is 9.96. The highest BCUT2D eigenvalue weighted by atomic mass is 16.4. The fraction of sp³-hybridized carbons (Fsp3) is 0.250. The highest BCUT2D eigenvalue weighted by molar-refractivity contribution is 5.89. The lowest BCUT2D eigenvalue weighted by molar-refractivity contribution is 0.0918. The summed E-state index contributed by atoms with van der Waals surface area (Å²) in [6, 6.07) is 9.94. The number of carbonyl (C=O) groups is 1. The Morgan fingerprint density at radius 3 is 2.71 bits per heavy atom. The van der Waals surface area contributed by atoms with Crippen LogP contribution < -0.4 is 5.32 Å². The molecule has 2 aromatic rings. The Bertz CT molecular complexity index is 493. The molecule has 2 rings (SSSR count). The Morgan fingerprint density at radius 2 is 2.06 bits per heavy atom. The van der Waals surface area contributed by atoms with Gasteiger partial charge in [-0.25, -0.2) is 0 Å². The molecule has 88 valence electrons. The number of hydrogen-bond donors (Lipinski definition) is 1. The van der Waals surface area contributed by atoms with Gasteiger partial charge in [-0.05, 0) is 12.0 Å². The number of rotatable bonds is 4. The van der Waals surface area contributed by atoms with Gasteiger partial charge in [-0.3, -0.25) is 4.79 Å². The van der Waals surface area contributed by atoms with Crippen LogP contribution in [0, 0.1) is 6.92 Å². The molecule has 0 aliphatic carbocycles. The first-order valence-corrected chi connectivity index (χ1v) is 5.38. The Kier molecular flexibility index (Phi) is 3.49. The molecule has 0 unspecified atom stereocenters. The van der Waals surface area contributed by atoms with E-state index in [4.69, 9.17) is 4.42 Å². The van der Waals surface area contributed by atoms with E-state index in [0.29, 0.717) is 12.4 Å². The van der Waals surface area contributed by atoms with Gasteiger partial charge in [0.15, 0.2) is 0 Å². The van der Waals surface area contributed by atoms with Crippen molar-refractivity contribution in [2.24, 2.45) is 0 Å². The first kappa shape index (κ1) is 11.3. The van der Waals surface area contributed by atoms with Gasteiger partial charge in [0.1, 0.15) is 0 Å². The minimum Gasteiger partial charge on any atom is -0.417 e. The molecule has 0 saturated carbocycles. The maximum Gasteiger partial charge on any atom is 0.308 e. The topological polar surface area (TPSA) is 68.0 Å². The molecule has 0 fully saturated rings. The number of amides is 1. The van der Waals surface area contributed by atoms with Crippen molar-refractivity contribution in [3.05, 3.63) is 47.7 Å². The predicted molar refractivity (Wildman–Crippen MR) is 61.5 cm³/mol. The fourth-order valence-corrected chi connectivity index (χ4v) is 1.43. The summed E-state index contributed by atoms with van der Waals surface area (Å²) in [6.45, 7) is 2.19. The van der Waals surface area contributed by atoms with E-state index in [2.05, 4.69) is 15.5 Å². The SMILES string of the molecule is Cc1nnc(C(=O)NCCc2ccccc2)o1. The van der Waals surface area contributed by atoms with Gasteiger partial charge in [-0.2, -0.15) is 0 Å². The van der Waals surface area contributed by atoms with Gasteiger partial charge >= 0.3 is 11.8 Å². The van der Waals surface area contributed by atoms with E-state index in [9.17, 15) is 4.79 Å². The third-order valence-corrected chi connectivity index (χ3v) is 2.26. The zero-order chi connectivity index (χ0) is 12.1. The van der Waals surface area contributed by atoms with Crippen LogP contribution in [0.15, 0.2) is 34.7 Å². The summed E-state index contributed by atoms with van der Waals surface area (Å²) < 4.78 is 5.01. The van der Waals surface area contributed by atoms with Crippen molar-refractivity contribution in [1.82, 2.24) is 15.5 Å². The average Bonchev–Trinajstić information content (AvgIpc) is 2.77. The van der Waals surface area contributed by atoms with Crippen LogP contribution in [0.2, 0.25) is 0 Å². The fourth-order valence-electron chi connectivity index (χ4n) is 1.43. The van der Waals surface area contributed by atoms with Crippen LogP contribution in [-0.4, -0.2) is 22.6 Å². The molecule has 1 N–H and O–H groups in total. The third kappa shape index (κ3) is 3.14. The lowest BCUT2D eigenvalue weighted by Gasteiger charge is -2.02. The second-order valence-electron chi connectivity index (χ2n) is 3.62. The van der Waals surface area contributed by atoms with Gasteiger partial charge in [0.25, 0.3) is 0 Å². The Labute approximate surface area is 98.9 Å². The van der Waals surface area contributed by atoms with Crippen LogP contribution in [-0.2, 0) is 6.42 Å². The number of nitrogens with one attached hydrogen (secondary N) is 1. The zero-order valence-corrected chi connectivity index (χ0v) is 9.51. The van der Waals surface area contributed by atoms with Gasteiger partial charge < -0.3 is 9.73 Å². The summed E-state index contributed by atoms with van der Waals surface area (Å²) in [6.07, 6.45) is 0.777. The summed E-state index contributed by atoms with van der Waals surface area (Å²) in [5.74, 6) is 0.0651. The summed E-state index contributed by atoms with van der Waals surface area (Å²) in [4.78, 5) is 11.5. The molecule has 1 amide bonds. The Hall–Kier alpha value is -2.17. The maximum absolute atomic E-state index is 11.5. The van der Waals surface area contributed by atoms with E-state index in [0.717, 1.165) is 6.42 Å². The van der Waals surface area contributed by atoms with Crippen molar-refractivity contribution >= 4 is 5.91 Å². The predicted octanol–water partition coefficient (Wildman–Crippen LogP) is 1.35. The number of benzene rings is 1. The quantitative estimate of drug-likeness (QED) is 0.862. The molecule has 1 aromatic heterocycles. The normalized spacial score (nSPS) is 10.2. The van der Waals surface area contributed by atoms with E-state index in [1.165, 1.54) is 5.56 Å². The molecule has 0 radical (unpaired) electrons. The molecule has 0 spiro atoms. The number of aromatic nitrogens is 2. The van der Waals surface area contributed by atoms with Crippen LogP contribution in [0.25, 0.3) is 0 Å². The van der Waals surface area contributed by atoms with Crippen molar-refractivity contribution in [3.8, 4) is 0 Å². The molecule has 1 heterocycles. The highest BCUT2D eigenvalue weighted by Gasteiger charge is 2.11. The second kappa shape index (κ2) is 5.25. The minimum atomic E-state index is -0.332. The van der Waals surface area contributed by atoms with Crippen LogP contribution in [0.1, 0.15) is 22.1 Å². The van der Waals surface area contributed by atoms with Crippen molar-refractivity contribution in [2.75, 3.05) is 6.54 Å². The second-order valence-corrected chi connectivity index (χ2v) is 3.62. The first-order chi connectivity index (χ1) is 8.25. The van der Waals surface area contributed by atoms with Crippen LogP contribution in [0.3, 0.4) is 0 Å². The lowest BCUT2D eigenvalue weighted by atomic mass is 10.1. The number of carbonyl (C=O) groups excluding carboxylic acids is 1. The molecule has 5 nitrogen and oxygen atoms in total. The van der Waals surface area contributed by atoms with E-state index in [-0.39, 0.29) is 11.8 Å². The number of hydrogen-bond acceptors (Lipinski definition) is 4. The monoisotopic (exact) mass is 231 g/mol. The molecule has 0 aliphatic heterocycles. The molecule has 0 aliphatic rings. The van der Waals surface area contributed by atoms with Gasteiger partial charge in [0.2, 0.25) is 5.89 Å². The average molecular weight is 231 g/mol. The van der Waals surface area contributed by atoms with Crippen LogP contribution in [0.4, 0.5) is 0 Å². The maximum atomic E-state index is 11.5. The van der Waals surface area contributed by atoms with Crippen molar-refractivity contribution in [2.45, 2.75) is 13.3 Å². The van der Waals surface area contributed by atoms with Crippen LogP contribution >= 0.6 is 0 Å². The van der Waals surface area contributed by atoms with Crippen LogP contribution in [0.5, 0.6) is 0 Å². The van der Waals surface area contributed by atoms with Crippen molar-refractivity contribution in [1.29, 1.82) is 0 Å². The smallest absolute Gasteiger partial charge is 0.308 e. The zero-order valence-electron chi connectivity index (χ0n) is 9.51. The summed E-state index contributed by atoms with van der Waals surface area (Å²) in [7, 11) is 0. The van der Waals surface area contributed by atoms with E-state index < -0.39 is 0 Å². The van der Waals surface area contributed by atoms with E-state index >= 15 is 0 Å². The molecule has 0 saturated heterocycles. The lowest BCUT2D eigenvalue weighted by Crippen LogP contribution is -2.26. The Balaban J connectivity index is 1.81. The molecule has 1 aromatic carbocycles. The van der Waals surface area contributed by atoms with Gasteiger partial charge in [-0.15, -0.1) is 10.2 Å². The van der Waals surface area contributed by atoms with E-state index in [1.807, 2.05) is 30.3 Å². The minimum absolute atomic E-state index is 0.00978. The molecule has 5 heteroatoms. The molecule has 17 heavy (non-hydrogen) atoms. The van der Waals surface area contributed by atoms with Gasteiger partial charge in [-0.1, -0.05) is 30.3 Å². The standard InChI is InChI=1S/C12H13N3O2/c1-9-14-15-12(17-9)11(16)13-8-7-10-5-3-2-4-6-10/h2-6H,7-8H2,1H3,(H,13,16). The number of nitrogens with zero attached hydrogens (tertiary/aromatic N) is 2. The molecule has 0 bridgehead atoms. The van der Waals surface area contributed by atoms with Gasteiger partial charge in [0, 0.05) is 13.5 Å². The van der Waals surface area contributed by atoms with Crippen molar-refractivity contribution < 1.29 is 9.21 Å². The Morgan fingerprint density at radius 1 is 1.29 bits per heavy atom. The van der Waals surface area contributed by atoms with Crippen molar-refractivity contribution in [3.63, 3.8) is 0 Å². The summed E-state index contributed by atoms with van der Waals surface area (Å²) in [5.41, 5.74) is 1.18. The summed E-state index contributed by atoms with van der Waals surface area (Å²) >= 11 is 0. The van der Waals surface area contributed by atoms with Gasteiger partial charge in [0.05, 0.1) is 0 Å². The molecular formula is C12H13N3O2. The van der Waals surface area contributed by atoms with E-state index in [1.54, 1.807) is 6.92 Å². The number of aryl methyl sites for hydroxylation is 1. The first-order valence-electron chi connectivity index (χ1n) is 5.38. The largest absolute Gasteiger partial charge is 0.417 e. The third-order valence-electron chi connectivity index (χ3n) is 2.26. The highest BCUT2D eigenvalue weighted by Crippen LogP contribution is 2.00. The molecule has 0 atom stereocenters. The molecular weight excluding hydrogens is 218 g/mol.